The molecule has 0 saturated heterocycles. The molecular weight excluding hydrogens is 166 g/mol. The van der Waals surface area contributed by atoms with Gasteiger partial charge in [-0.25, -0.2) is 0 Å². The summed E-state index contributed by atoms with van der Waals surface area (Å²) in [5, 5.41) is 11.9. The van der Waals surface area contributed by atoms with Crippen LogP contribution < -0.4 is 5.32 Å². The van der Waals surface area contributed by atoms with Gasteiger partial charge in [-0.3, -0.25) is 4.79 Å². The second kappa shape index (κ2) is 3.66. The Morgan fingerprint density at radius 1 is 1.62 bits per heavy atom. The summed E-state index contributed by atoms with van der Waals surface area (Å²) in [6.45, 7) is 6.11. The van der Waals surface area contributed by atoms with Gasteiger partial charge < -0.3 is 10.4 Å². The molecule has 2 atom stereocenters. The maximum Gasteiger partial charge on any atom is 0.320 e. The maximum absolute atomic E-state index is 10.6. The van der Waals surface area contributed by atoms with Gasteiger partial charge in [-0.15, -0.1) is 0 Å². The Kier molecular flexibility index (Phi) is 2.96. The normalized spacial score (nSPS) is 28.7. The van der Waals surface area contributed by atoms with Gasteiger partial charge in [0.25, 0.3) is 0 Å². The summed E-state index contributed by atoms with van der Waals surface area (Å²) in [5.74, 6) is -0.761. The lowest BCUT2D eigenvalue weighted by Crippen LogP contribution is -2.46. The molecule has 0 bridgehead atoms. The van der Waals surface area contributed by atoms with Crippen LogP contribution in [0, 0.1) is 5.41 Å². The lowest BCUT2D eigenvalue weighted by Gasteiger charge is -2.29. The maximum atomic E-state index is 10.6. The molecule has 1 rings (SSSR count). The van der Waals surface area contributed by atoms with Crippen molar-refractivity contribution >= 4 is 5.97 Å². The quantitative estimate of drug-likeness (QED) is 0.702. The molecule has 3 heteroatoms. The summed E-state index contributed by atoms with van der Waals surface area (Å²) in [5.41, 5.74) is 0.254. The molecule has 0 aliphatic heterocycles. The first-order valence-electron chi connectivity index (χ1n) is 4.92. The molecule has 1 fully saturated rings. The molecule has 0 aromatic rings. The monoisotopic (exact) mass is 185 g/mol. The summed E-state index contributed by atoms with van der Waals surface area (Å²) in [4.78, 5) is 10.6. The van der Waals surface area contributed by atoms with Crippen LogP contribution >= 0.6 is 0 Å². The minimum absolute atomic E-state index is 0.254. The largest absolute Gasteiger partial charge is 0.480 e. The molecule has 13 heavy (non-hydrogen) atoms. The molecule has 1 unspecified atom stereocenters. The number of carboxylic acid groups (broad SMARTS) is 1. The summed E-state index contributed by atoms with van der Waals surface area (Å²) < 4.78 is 0. The Morgan fingerprint density at radius 2 is 2.23 bits per heavy atom. The SMILES string of the molecule is C[C@@H](NC1CCCC1(C)C)C(=O)O. The first-order chi connectivity index (χ1) is 5.93. The van der Waals surface area contributed by atoms with E-state index < -0.39 is 12.0 Å². The number of rotatable bonds is 3. The number of hydrogen-bond donors (Lipinski definition) is 2. The third kappa shape index (κ3) is 2.44. The molecule has 1 aliphatic rings. The average molecular weight is 185 g/mol. The summed E-state index contributed by atoms with van der Waals surface area (Å²) >= 11 is 0. The van der Waals surface area contributed by atoms with Gasteiger partial charge in [-0.1, -0.05) is 20.3 Å². The lowest BCUT2D eigenvalue weighted by molar-refractivity contribution is -0.139. The van der Waals surface area contributed by atoms with Gasteiger partial charge in [-0.2, -0.15) is 0 Å². The molecule has 0 radical (unpaired) electrons. The fourth-order valence-corrected chi connectivity index (χ4v) is 2.01. The van der Waals surface area contributed by atoms with Gasteiger partial charge in [-0.05, 0) is 25.2 Å². The lowest BCUT2D eigenvalue weighted by atomic mass is 9.87. The summed E-state index contributed by atoms with van der Waals surface area (Å²) in [7, 11) is 0. The van der Waals surface area contributed by atoms with Crippen LogP contribution in [0.3, 0.4) is 0 Å². The van der Waals surface area contributed by atoms with Gasteiger partial charge in [0.15, 0.2) is 0 Å². The van der Waals surface area contributed by atoms with Gasteiger partial charge >= 0.3 is 5.97 Å². The van der Waals surface area contributed by atoms with E-state index >= 15 is 0 Å². The number of hydrogen-bond acceptors (Lipinski definition) is 2. The molecule has 0 aromatic heterocycles. The minimum atomic E-state index is -0.761. The van der Waals surface area contributed by atoms with Crippen LogP contribution in [0.1, 0.15) is 40.0 Å². The highest BCUT2D eigenvalue weighted by molar-refractivity contribution is 5.72. The fourth-order valence-electron chi connectivity index (χ4n) is 2.01. The van der Waals surface area contributed by atoms with Crippen LogP contribution in [0.2, 0.25) is 0 Å². The van der Waals surface area contributed by atoms with E-state index in [9.17, 15) is 4.79 Å². The third-order valence-corrected chi connectivity index (χ3v) is 3.08. The van der Waals surface area contributed by atoms with Crippen molar-refractivity contribution in [3.63, 3.8) is 0 Å². The molecule has 0 aromatic carbocycles. The van der Waals surface area contributed by atoms with Crippen LogP contribution in [-0.2, 0) is 4.79 Å². The number of carbonyl (C=O) groups is 1. The molecule has 0 amide bonds. The Balaban J connectivity index is 2.49. The zero-order valence-electron chi connectivity index (χ0n) is 8.63. The Morgan fingerprint density at radius 3 is 2.62 bits per heavy atom. The standard InChI is InChI=1S/C10H19NO2/c1-7(9(12)13)11-8-5-4-6-10(8,2)3/h7-8,11H,4-6H2,1-3H3,(H,12,13)/t7-,8?/m1/s1. The zero-order chi connectivity index (χ0) is 10.1. The van der Waals surface area contributed by atoms with Gasteiger partial charge in [0.2, 0.25) is 0 Å². The van der Waals surface area contributed by atoms with E-state index in [4.69, 9.17) is 5.11 Å². The number of aliphatic carboxylic acids is 1. The van der Waals surface area contributed by atoms with E-state index in [1.165, 1.54) is 12.8 Å². The number of nitrogens with one attached hydrogen (secondary N) is 1. The second-order valence-electron chi connectivity index (χ2n) is 4.66. The number of carboxylic acids is 1. The van der Waals surface area contributed by atoms with Crippen molar-refractivity contribution in [2.75, 3.05) is 0 Å². The van der Waals surface area contributed by atoms with E-state index in [0.29, 0.717) is 6.04 Å². The van der Waals surface area contributed by atoms with E-state index in [-0.39, 0.29) is 5.41 Å². The van der Waals surface area contributed by atoms with Crippen molar-refractivity contribution in [3.05, 3.63) is 0 Å². The van der Waals surface area contributed by atoms with E-state index in [1.54, 1.807) is 6.92 Å². The van der Waals surface area contributed by atoms with Crippen molar-refractivity contribution in [2.45, 2.75) is 52.1 Å². The fraction of sp³-hybridized carbons (Fsp3) is 0.900. The highest BCUT2D eigenvalue weighted by Gasteiger charge is 2.35. The topological polar surface area (TPSA) is 49.3 Å². The predicted octanol–water partition coefficient (Wildman–Crippen LogP) is 1.63. The van der Waals surface area contributed by atoms with Crippen LogP contribution in [0.25, 0.3) is 0 Å². The molecule has 2 N–H and O–H groups in total. The van der Waals surface area contributed by atoms with Crippen molar-refractivity contribution < 1.29 is 9.90 Å². The van der Waals surface area contributed by atoms with Crippen LogP contribution in [-0.4, -0.2) is 23.2 Å². The van der Waals surface area contributed by atoms with E-state index in [2.05, 4.69) is 19.2 Å². The van der Waals surface area contributed by atoms with Crippen molar-refractivity contribution in [2.24, 2.45) is 5.41 Å². The van der Waals surface area contributed by atoms with Crippen molar-refractivity contribution in [1.29, 1.82) is 0 Å². The van der Waals surface area contributed by atoms with Crippen molar-refractivity contribution in [1.82, 2.24) is 5.32 Å². The first kappa shape index (κ1) is 10.5. The minimum Gasteiger partial charge on any atom is -0.480 e. The summed E-state index contributed by atoms with van der Waals surface area (Å²) in [6.07, 6.45) is 3.50. The van der Waals surface area contributed by atoms with Crippen LogP contribution in [0.4, 0.5) is 0 Å². The first-order valence-corrected chi connectivity index (χ1v) is 4.92. The van der Waals surface area contributed by atoms with E-state index in [0.717, 1.165) is 6.42 Å². The second-order valence-corrected chi connectivity index (χ2v) is 4.66. The van der Waals surface area contributed by atoms with Crippen LogP contribution in [0.5, 0.6) is 0 Å². The third-order valence-electron chi connectivity index (χ3n) is 3.08. The van der Waals surface area contributed by atoms with Gasteiger partial charge in [0.05, 0.1) is 0 Å². The molecular formula is C10H19NO2. The van der Waals surface area contributed by atoms with Crippen LogP contribution in [0.15, 0.2) is 0 Å². The Labute approximate surface area is 79.5 Å². The zero-order valence-corrected chi connectivity index (χ0v) is 8.63. The molecule has 0 heterocycles. The Hall–Kier alpha value is -0.570. The molecule has 1 saturated carbocycles. The smallest absolute Gasteiger partial charge is 0.320 e. The highest BCUT2D eigenvalue weighted by Crippen LogP contribution is 2.37. The molecule has 3 nitrogen and oxygen atoms in total. The molecule has 0 spiro atoms. The molecule has 1 aliphatic carbocycles. The van der Waals surface area contributed by atoms with Gasteiger partial charge in [0, 0.05) is 6.04 Å². The average Bonchev–Trinajstić information content (AvgIpc) is 2.30. The Bertz CT molecular complexity index is 201. The molecule has 76 valence electrons. The summed E-state index contributed by atoms with van der Waals surface area (Å²) in [6, 6.07) is -0.0685. The van der Waals surface area contributed by atoms with E-state index in [1.807, 2.05) is 0 Å². The van der Waals surface area contributed by atoms with Crippen molar-refractivity contribution in [3.8, 4) is 0 Å². The highest BCUT2D eigenvalue weighted by atomic mass is 16.4. The predicted molar refractivity (Wildman–Crippen MR) is 51.7 cm³/mol. The van der Waals surface area contributed by atoms with Gasteiger partial charge in [0.1, 0.15) is 6.04 Å².